The van der Waals surface area contributed by atoms with E-state index in [1.54, 1.807) is 25.3 Å². The van der Waals surface area contributed by atoms with E-state index in [0.29, 0.717) is 23.1 Å². The molecule has 28 heavy (non-hydrogen) atoms. The molecule has 2 heterocycles. The number of thiophene rings is 1. The minimum absolute atomic E-state index is 0.133. The number of nitrogens with one attached hydrogen (secondary N) is 1. The number of carbonyl (C=O) groups excluding carboxylic acids is 1. The Morgan fingerprint density at radius 3 is 2.96 bits per heavy atom. The fourth-order valence-corrected chi connectivity index (χ4v) is 4.47. The zero-order chi connectivity index (χ0) is 20.1. The fourth-order valence-electron chi connectivity index (χ4n) is 3.29. The molecule has 0 saturated heterocycles. The minimum atomic E-state index is -0.133. The molecule has 7 heteroatoms. The first-order valence-electron chi connectivity index (χ1n) is 9.18. The molecule has 0 bridgehead atoms. The summed E-state index contributed by atoms with van der Waals surface area (Å²) in [4.78, 5) is 16.1. The van der Waals surface area contributed by atoms with Crippen LogP contribution in [0.2, 0.25) is 5.02 Å². The maximum Gasteiger partial charge on any atom is 0.244 e. The van der Waals surface area contributed by atoms with Gasteiger partial charge in [-0.3, -0.25) is 9.69 Å². The third-order valence-electron chi connectivity index (χ3n) is 4.92. The molecule has 1 aliphatic heterocycles. The molecule has 0 spiro atoms. The molecular formula is C21H25ClN2O3S. The van der Waals surface area contributed by atoms with E-state index >= 15 is 0 Å². The van der Waals surface area contributed by atoms with Gasteiger partial charge in [0.2, 0.25) is 5.91 Å². The first-order chi connectivity index (χ1) is 13.5. The third-order valence-corrected chi connectivity index (χ3v) is 6.22. The Morgan fingerprint density at radius 1 is 1.39 bits per heavy atom. The molecule has 0 aliphatic carbocycles. The number of hydrogen-bond acceptors (Lipinski definition) is 5. The van der Waals surface area contributed by atoms with Crippen molar-refractivity contribution in [3.63, 3.8) is 0 Å². The largest absolute Gasteiger partial charge is 0.493 e. The van der Waals surface area contributed by atoms with Gasteiger partial charge < -0.3 is 14.8 Å². The van der Waals surface area contributed by atoms with E-state index in [2.05, 4.69) is 28.6 Å². The lowest BCUT2D eigenvalue weighted by molar-refractivity contribution is -0.116. The van der Waals surface area contributed by atoms with E-state index in [4.69, 9.17) is 21.1 Å². The first-order valence-corrected chi connectivity index (χ1v) is 10.4. The normalized spacial score (nSPS) is 15.3. The van der Waals surface area contributed by atoms with Crippen molar-refractivity contribution in [2.45, 2.75) is 25.9 Å². The summed E-state index contributed by atoms with van der Waals surface area (Å²) in [6.07, 6.45) is 4.31. The topological polar surface area (TPSA) is 50.8 Å². The van der Waals surface area contributed by atoms with Crippen LogP contribution in [0.25, 0.3) is 6.08 Å². The minimum Gasteiger partial charge on any atom is -0.493 e. The van der Waals surface area contributed by atoms with Crippen LogP contribution in [0.4, 0.5) is 0 Å². The molecule has 1 amide bonds. The van der Waals surface area contributed by atoms with Crippen LogP contribution < -0.4 is 14.8 Å². The Hall–Kier alpha value is -2.02. The molecule has 0 fully saturated rings. The van der Waals surface area contributed by atoms with E-state index in [9.17, 15) is 4.79 Å². The summed E-state index contributed by atoms with van der Waals surface area (Å²) in [5.41, 5.74) is 2.19. The van der Waals surface area contributed by atoms with E-state index in [-0.39, 0.29) is 11.9 Å². The summed E-state index contributed by atoms with van der Waals surface area (Å²) in [6, 6.07) is 6.00. The van der Waals surface area contributed by atoms with Crippen LogP contribution in [-0.2, 0) is 17.8 Å². The number of rotatable bonds is 7. The zero-order valence-electron chi connectivity index (χ0n) is 16.3. The van der Waals surface area contributed by atoms with Crippen LogP contribution in [0.15, 0.2) is 29.7 Å². The van der Waals surface area contributed by atoms with Gasteiger partial charge in [0.05, 0.1) is 19.2 Å². The quantitative estimate of drug-likeness (QED) is 0.688. The highest BCUT2D eigenvalue weighted by Crippen LogP contribution is 2.36. The number of amides is 1. The molecule has 3 rings (SSSR count). The van der Waals surface area contributed by atoms with Gasteiger partial charge in [-0.25, -0.2) is 0 Å². The summed E-state index contributed by atoms with van der Waals surface area (Å²) in [7, 11) is 3.09. The van der Waals surface area contributed by atoms with Crippen molar-refractivity contribution in [2.75, 3.05) is 27.3 Å². The monoisotopic (exact) mass is 420 g/mol. The molecule has 1 aromatic heterocycles. The number of benzene rings is 1. The maximum absolute atomic E-state index is 12.2. The van der Waals surface area contributed by atoms with Crippen molar-refractivity contribution in [2.24, 2.45) is 0 Å². The standard InChI is InChI=1S/C21H25ClN2O3S/c1-14(24-8-6-19-16(13-24)7-9-28-19)12-23-20(25)5-4-15-10-17(22)21(27-3)18(11-15)26-2/h4-5,7,9-11,14H,6,8,12-13H2,1-3H3,(H,23,25)/b5-4+. The summed E-state index contributed by atoms with van der Waals surface area (Å²) in [5.74, 6) is 0.877. The average molecular weight is 421 g/mol. The number of hydrogen-bond donors (Lipinski definition) is 1. The van der Waals surface area contributed by atoms with Crippen LogP contribution in [0.5, 0.6) is 11.5 Å². The van der Waals surface area contributed by atoms with Crippen molar-refractivity contribution >= 4 is 34.9 Å². The van der Waals surface area contributed by atoms with Crippen LogP contribution in [0, 0.1) is 0 Å². The number of fused-ring (bicyclic) bond motifs is 1. The summed E-state index contributed by atoms with van der Waals surface area (Å²) in [6.45, 7) is 4.74. The molecule has 1 aliphatic rings. The Labute approximate surface area is 174 Å². The van der Waals surface area contributed by atoms with Gasteiger partial charge in [-0.15, -0.1) is 11.3 Å². The summed E-state index contributed by atoms with van der Waals surface area (Å²) in [5, 5.41) is 5.58. The van der Waals surface area contributed by atoms with E-state index in [0.717, 1.165) is 25.1 Å². The van der Waals surface area contributed by atoms with Gasteiger partial charge in [0.1, 0.15) is 0 Å². The SMILES string of the molecule is COc1cc(/C=C/C(=O)NCC(C)N2CCc3sccc3C2)cc(Cl)c1OC. The van der Waals surface area contributed by atoms with E-state index in [1.165, 1.54) is 23.6 Å². The van der Waals surface area contributed by atoms with Crippen molar-refractivity contribution in [1.29, 1.82) is 0 Å². The van der Waals surface area contributed by atoms with Crippen molar-refractivity contribution in [3.05, 3.63) is 50.7 Å². The molecule has 1 N–H and O–H groups in total. The Morgan fingerprint density at radius 2 is 2.21 bits per heavy atom. The maximum atomic E-state index is 12.2. The smallest absolute Gasteiger partial charge is 0.244 e. The van der Waals surface area contributed by atoms with Gasteiger partial charge in [0, 0.05) is 36.6 Å². The second-order valence-electron chi connectivity index (χ2n) is 6.76. The van der Waals surface area contributed by atoms with Crippen LogP contribution >= 0.6 is 22.9 Å². The summed E-state index contributed by atoms with van der Waals surface area (Å²) >= 11 is 8.04. The van der Waals surface area contributed by atoms with E-state index in [1.807, 2.05) is 11.3 Å². The van der Waals surface area contributed by atoms with E-state index < -0.39 is 0 Å². The Balaban J connectivity index is 1.53. The van der Waals surface area contributed by atoms with Gasteiger partial charge in [-0.2, -0.15) is 0 Å². The molecule has 1 aromatic carbocycles. The van der Waals surface area contributed by atoms with Gasteiger partial charge in [-0.05, 0) is 54.1 Å². The van der Waals surface area contributed by atoms with Crippen LogP contribution in [0.3, 0.4) is 0 Å². The number of ether oxygens (including phenoxy) is 2. The highest BCUT2D eigenvalue weighted by molar-refractivity contribution is 7.10. The first kappa shape index (κ1) is 20.7. The molecule has 1 unspecified atom stereocenters. The molecule has 1 atom stereocenters. The van der Waals surface area contributed by atoms with Gasteiger partial charge >= 0.3 is 0 Å². The highest BCUT2D eigenvalue weighted by atomic mass is 35.5. The highest BCUT2D eigenvalue weighted by Gasteiger charge is 2.21. The lowest BCUT2D eigenvalue weighted by Crippen LogP contribution is -2.43. The zero-order valence-corrected chi connectivity index (χ0v) is 17.9. The predicted molar refractivity (Wildman–Crippen MR) is 114 cm³/mol. The Bertz CT molecular complexity index is 865. The number of nitrogens with zero attached hydrogens (tertiary/aromatic N) is 1. The number of methoxy groups -OCH3 is 2. The molecule has 150 valence electrons. The number of carbonyl (C=O) groups is 1. The lowest BCUT2D eigenvalue weighted by atomic mass is 10.1. The average Bonchev–Trinajstić information content (AvgIpc) is 3.17. The van der Waals surface area contributed by atoms with Crippen molar-refractivity contribution in [1.82, 2.24) is 10.2 Å². The molecule has 0 saturated carbocycles. The van der Waals surface area contributed by atoms with Crippen LogP contribution in [0.1, 0.15) is 22.9 Å². The fraction of sp³-hybridized carbons (Fsp3) is 0.381. The summed E-state index contributed by atoms with van der Waals surface area (Å²) < 4.78 is 10.5. The van der Waals surface area contributed by atoms with Gasteiger partial charge in [0.15, 0.2) is 11.5 Å². The predicted octanol–water partition coefficient (Wildman–Crippen LogP) is 3.99. The Kier molecular flexibility index (Phi) is 6.99. The second-order valence-corrected chi connectivity index (χ2v) is 8.16. The van der Waals surface area contributed by atoms with Gasteiger partial charge in [0.25, 0.3) is 0 Å². The number of halogens is 1. The van der Waals surface area contributed by atoms with Crippen LogP contribution in [-0.4, -0.2) is 44.2 Å². The lowest BCUT2D eigenvalue weighted by Gasteiger charge is -2.32. The van der Waals surface area contributed by atoms with Crippen molar-refractivity contribution in [3.8, 4) is 11.5 Å². The third kappa shape index (κ3) is 4.87. The van der Waals surface area contributed by atoms with Crippen molar-refractivity contribution < 1.29 is 14.3 Å². The molecular weight excluding hydrogens is 396 g/mol. The molecule has 2 aromatic rings. The molecule has 0 radical (unpaired) electrons. The second kappa shape index (κ2) is 9.45. The van der Waals surface area contributed by atoms with Gasteiger partial charge in [-0.1, -0.05) is 11.6 Å². The molecule has 5 nitrogen and oxygen atoms in total.